The lowest BCUT2D eigenvalue weighted by Crippen LogP contribution is -2.28. The van der Waals surface area contributed by atoms with Gasteiger partial charge in [-0.05, 0) is 43.4 Å². The van der Waals surface area contributed by atoms with Crippen molar-refractivity contribution in [1.29, 1.82) is 0 Å². The fourth-order valence-electron chi connectivity index (χ4n) is 4.04. The number of benzene rings is 1. The maximum absolute atomic E-state index is 12.4. The summed E-state index contributed by atoms with van der Waals surface area (Å²) in [6.07, 6.45) is 5.70. The van der Waals surface area contributed by atoms with Gasteiger partial charge in [-0.3, -0.25) is 14.5 Å². The van der Waals surface area contributed by atoms with Crippen molar-refractivity contribution >= 4 is 44.0 Å². The summed E-state index contributed by atoms with van der Waals surface area (Å²) in [7, 11) is -3.42. The molecule has 3 N–H and O–H groups in total. The number of aromatic nitrogens is 3. The SMILES string of the molecule is CCC(CC)(c1csc(NS(=O)(=O)C2CC2)n1)c1cc(C(N)=O)ccc1-c1cncc(Cl)n1. The molecule has 8 nitrogen and oxygen atoms in total. The van der Waals surface area contributed by atoms with Crippen molar-refractivity contribution < 1.29 is 13.2 Å². The topological polar surface area (TPSA) is 128 Å². The minimum absolute atomic E-state index is 0.251. The minimum atomic E-state index is -3.42. The Hall–Kier alpha value is -2.56. The van der Waals surface area contributed by atoms with Gasteiger partial charge in [0.25, 0.3) is 0 Å². The second-order valence-electron chi connectivity index (χ2n) is 8.03. The van der Waals surface area contributed by atoms with Crippen LogP contribution >= 0.6 is 22.9 Å². The highest BCUT2D eigenvalue weighted by Crippen LogP contribution is 2.44. The van der Waals surface area contributed by atoms with Crippen molar-refractivity contribution in [3.63, 3.8) is 0 Å². The van der Waals surface area contributed by atoms with Crippen LogP contribution in [0, 0.1) is 0 Å². The molecule has 1 aromatic carbocycles. The Kier molecular flexibility index (Phi) is 6.43. The van der Waals surface area contributed by atoms with Crippen LogP contribution in [0.15, 0.2) is 36.0 Å². The molecular formula is C22H24ClN5O3S2. The molecule has 0 aliphatic heterocycles. The molecule has 33 heavy (non-hydrogen) atoms. The molecule has 174 valence electrons. The lowest BCUT2D eigenvalue weighted by molar-refractivity contribution is 0.1000. The van der Waals surface area contributed by atoms with E-state index in [4.69, 9.17) is 17.3 Å². The van der Waals surface area contributed by atoms with Crippen molar-refractivity contribution in [3.05, 3.63) is 57.9 Å². The first kappa shape index (κ1) is 23.6. The van der Waals surface area contributed by atoms with Crippen molar-refractivity contribution in [2.75, 3.05) is 4.72 Å². The molecule has 4 rings (SSSR count). The molecule has 1 amide bonds. The summed E-state index contributed by atoms with van der Waals surface area (Å²) in [6, 6.07) is 5.20. The van der Waals surface area contributed by atoms with E-state index in [1.54, 1.807) is 24.4 Å². The van der Waals surface area contributed by atoms with Crippen LogP contribution in [0.3, 0.4) is 0 Å². The molecular weight excluding hydrogens is 482 g/mol. The third kappa shape index (κ3) is 4.60. The lowest BCUT2D eigenvalue weighted by atomic mass is 9.71. The van der Waals surface area contributed by atoms with Gasteiger partial charge in [-0.2, -0.15) is 0 Å². The fourth-order valence-corrected chi connectivity index (χ4v) is 6.60. The number of hydrogen-bond donors (Lipinski definition) is 2. The van der Waals surface area contributed by atoms with Crippen LogP contribution in [0.5, 0.6) is 0 Å². The second kappa shape index (κ2) is 9.00. The Morgan fingerprint density at radius 2 is 1.97 bits per heavy atom. The average molecular weight is 506 g/mol. The zero-order valence-corrected chi connectivity index (χ0v) is 20.6. The molecule has 0 saturated heterocycles. The van der Waals surface area contributed by atoms with Gasteiger partial charge in [-0.15, -0.1) is 11.3 Å². The number of carbonyl (C=O) groups is 1. The molecule has 1 saturated carbocycles. The Morgan fingerprint density at radius 1 is 1.24 bits per heavy atom. The van der Waals surface area contributed by atoms with Crippen LogP contribution in [0.25, 0.3) is 11.3 Å². The second-order valence-corrected chi connectivity index (χ2v) is 11.2. The van der Waals surface area contributed by atoms with E-state index in [9.17, 15) is 13.2 Å². The van der Waals surface area contributed by atoms with Gasteiger partial charge >= 0.3 is 0 Å². The van der Waals surface area contributed by atoms with Crippen LogP contribution in [0.4, 0.5) is 5.13 Å². The van der Waals surface area contributed by atoms with Crippen LogP contribution in [0.1, 0.15) is 61.1 Å². The fraction of sp³-hybridized carbons (Fsp3) is 0.364. The molecule has 0 spiro atoms. The van der Waals surface area contributed by atoms with Crippen molar-refractivity contribution in [2.45, 2.75) is 50.2 Å². The van der Waals surface area contributed by atoms with E-state index in [1.807, 2.05) is 19.2 Å². The van der Waals surface area contributed by atoms with Gasteiger partial charge in [0.2, 0.25) is 15.9 Å². The largest absolute Gasteiger partial charge is 0.366 e. The van der Waals surface area contributed by atoms with Gasteiger partial charge in [0.1, 0.15) is 5.15 Å². The zero-order valence-electron chi connectivity index (χ0n) is 18.2. The molecule has 2 heterocycles. The number of thiazole rings is 1. The summed E-state index contributed by atoms with van der Waals surface area (Å²) in [6.45, 7) is 4.06. The molecule has 0 bridgehead atoms. The van der Waals surface area contributed by atoms with Crippen molar-refractivity contribution in [3.8, 4) is 11.3 Å². The predicted octanol–water partition coefficient (Wildman–Crippen LogP) is 4.36. The number of amides is 1. The number of anilines is 1. The smallest absolute Gasteiger partial charge is 0.248 e. The predicted molar refractivity (Wildman–Crippen MR) is 130 cm³/mol. The number of hydrogen-bond acceptors (Lipinski definition) is 7. The summed E-state index contributed by atoms with van der Waals surface area (Å²) in [5.74, 6) is -0.544. The Bertz CT molecular complexity index is 1300. The highest BCUT2D eigenvalue weighted by molar-refractivity contribution is 7.93. The van der Waals surface area contributed by atoms with Gasteiger partial charge < -0.3 is 5.73 Å². The summed E-state index contributed by atoms with van der Waals surface area (Å²) in [5, 5.41) is 2.11. The van der Waals surface area contributed by atoms with E-state index in [0.29, 0.717) is 47.8 Å². The third-order valence-corrected chi connectivity index (χ3v) is 8.99. The summed E-state index contributed by atoms with van der Waals surface area (Å²) < 4.78 is 27.4. The van der Waals surface area contributed by atoms with E-state index in [1.165, 1.54) is 17.5 Å². The van der Waals surface area contributed by atoms with Crippen LogP contribution in [-0.4, -0.2) is 34.5 Å². The van der Waals surface area contributed by atoms with Crippen molar-refractivity contribution in [1.82, 2.24) is 15.0 Å². The quantitative estimate of drug-likeness (QED) is 0.444. The summed E-state index contributed by atoms with van der Waals surface area (Å²) >= 11 is 7.35. The van der Waals surface area contributed by atoms with Crippen LogP contribution in [0.2, 0.25) is 5.15 Å². The Labute approximate surface area is 201 Å². The number of halogens is 1. The highest BCUT2D eigenvalue weighted by atomic mass is 35.5. The average Bonchev–Trinajstić information content (AvgIpc) is 3.56. The van der Waals surface area contributed by atoms with Gasteiger partial charge in [-0.1, -0.05) is 31.5 Å². The number of primary amides is 1. The Morgan fingerprint density at radius 3 is 2.58 bits per heavy atom. The maximum atomic E-state index is 12.4. The molecule has 1 aliphatic carbocycles. The molecule has 1 fully saturated rings. The molecule has 11 heteroatoms. The van der Waals surface area contributed by atoms with E-state index in [0.717, 1.165) is 11.1 Å². The van der Waals surface area contributed by atoms with E-state index in [-0.39, 0.29) is 10.4 Å². The molecule has 2 aromatic heterocycles. The minimum Gasteiger partial charge on any atom is -0.366 e. The highest BCUT2D eigenvalue weighted by Gasteiger charge is 2.38. The number of rotatable bonds is 9. The molecule has 0 unspecified atom stereocenters. The van der Waals surface area contributed by atoms with Crippen LogP contribution < -0.4 is 10.5 Å². The number of nitrogens with zero attached hydrogens (tertiary/aromatic N) is 3. The normalized spacial score (nSPS) is 14.3. The first-order chi connectivity index (χ1) is 15.7. The standard InChI is InChI=1S/C22H24ClN5O3S2/c1-3-22(4-2,18-12-32-21(27-18)28-33(30,31)14-6-7-14)16-9-13(20(24)29)5-8-15(16)17-10-25-11-19(23)26-17/h5,8-12,14H,3-4,6-7H2,1-2H3,(H2,24,29)(H,27,28). The van der Waals surface area contributed by atoms with E-state index in [2.05, 4.69) is 19.7 Å². The first-order valence-corrected chi connectivity index (χ1v) is 13.4. The zero-order chi connectivity index (χ0) is 23.8. The molecule has 3 aromatic rings. The number of nitrogens with two attached hydrogens (primary N) is 1. The number of carbonyl (C=O) groups excluding carboxylic acids is 1. The monoisotopic (exact) mass is 505 g/mol. The van der Waals surface area contributed by atoms with Gasteiger partial charge in [0, 0.05) is 21.9 Å². The van der Waals surface area contributed by atoms with Crippen LogP contribution in [-0.2, 0) is 15.4 Å². The van der Waals surface area contributed by atoms with Gasteiger partial charge in [-0.25, -0.2) is 18.4 Å². The molecule has 1 aliphatic rings. The van der Waals surface area contributed by atoms with E-state index < -0.39 is 21.3 Å². The first-order valence-electron chi connectivity index (χ1n) is 10.6. The molecule has 0 atom stereocenters. The van der Waals surface area contributed by atoms with E-state index >= 15 is 0 Å². The van der Waals surface area contributed by atoms with Crippen molar-refractivity contribution in [2.24, 2.45) is 5.73 Å². The summed E-state index contributed by atoms with van der Waals surface area (Å²) in [5.41, 5.74) is 8.17. The number of sulfonamides is 1. The maximum Gasteiger partial charge on any atom is 0.248 e. The Balaban J connectivity index is 1.86. The van der Waals surface area contributed by atoms with Gasteiger partial charge in [0.15, 0.2) is 5.13 Å². The third-order valence-electron chi connectivity index (χ3n) is 6.10. The molecule has 0 radical (unpaired) electrons. The number of nitrogens with one attached hydrogen (secondary N) is 1. The lowest BCUT2D eigenvalue weighted by Gasteiger charge is -2.33. The van der Waals surface area contributed by atoms with Gasteiger partial charge in [0.05, 0.1) is 29.0 Å². The summed E-state index contributed by atoms with van der Waals surface area (Å²) in [4.78, 5) is 25.2.